The van der Waals surface area contributed by atoms with Gasteiger partial charge in [-0.25, -0.2) is 0 Å². The molecule has 80 valence electrons. The van der Waals surface area contributed by atoms with Crippen molar-refractivity contribution in [3.05, 3.63) is 34.3 Å². The highest BCUT2D eigenvalue weighted by Gasteiger charge is 2.22. The first kappa shape index (κ1) is 10.8. The first-order valence-corrected chi connectivity index (χ1v) is 5.90. The second kappa shape index (κ2) is 4.90. The first-order chi connectivity index (χ1) is 7.25. The number of benzene rings is 1. The summed E-state index contributed by atoms with van der Waals surface area (Å²) in [5.74, 6) is 0.393. The second-order valence-corrected chi connectivity index (χ2v) is 4.73. The van der Waals surface area contributed by atoms with Crippen molar-refractivity contribution in [2.45, 2.75) is 12.8 Å². The Balaban J connectivity index is 2.01. The Morgan fingerprint density at radius 3 is 2.73 bits per heavy atom. The molecule has 1 aliphatic heterocycles. The van der Waals surface area contributed by atoms with E-state index in [4.69, 9.17) is 4.74 Å². The average molecular weight is 269 g/mol. The van der Waals surface area contributed by atoms with Gasteiger partial charge >= 0.3 is 0 Å². The molecule has 0 aromatic heterocycles. The molecule has 1 aromatic carbocycles. The molecule has 0 unspecified atom stereocenters. The number of rotatable bonds is 2. The summed E-state index contributed by atoms with van der Waals surface area (Å²) < 4.78 is 6.39. The van der Waals surface area contributed by atoms with E-state index in [9.17, 15) is 4.79 Å². The van der Waals surface area contributed by atoms with Crippen LogP contribution < -0.4 is 0 Å². The van der Waals surface area contributed by atoms with Gasteiger partial charge in [0, 0.05) is 16.8 Å². The van der Waals surface area contributed by atoms with Crippen molar-refractivity contribution in [3.8, 4) is 0 Å². The predicted octanol–water partition coefficient (Wildman–Crippen LogP) is 2.60. The summed E-state index contributed by atoms with van der Waals surface area (Å²) in [5.41, 5.74) is 1.20. The fraction of sp³-hybridized carbons (Fsp3) is 0.417. The summed E-state index contributed by atoms with van der Waals surface area (Å²) >= 11 is 3.39. The van der Waals surface area contributed by atoms with Crippen LogP contribution in [0.1, 0.15) is 12.0 Å². The molecule has 2 rings (SSSR count). The molecule has 1 saturated heterocycles. The summed E-state index contributed by atoms with van der Waals surface area (Å²) in [4.78, 5) is 11.6. The molecule has 0 spiro atoms. The SMILES string of the molecule is O=C1CCOC[C@H]1Cc1ccc(Br)cc1. The first-order valence-electron chi connectivity index (χ1n) is 5.10. The van der Waals surface area contributed by atoms with Gasteiger partial charge in [0.25, 0.3) is 0 Å². The average Bonchev–Trinajstić information content (AvgIpc) is 2.25. The predicted molar refractivity (Wildman–Crippen MR) is 61.8 cm³/mol. The highest BCUT2D eigenvalue weighted by molar-refractivity contribution is 9.10. The summed E-state index contributed by atoms with van der Waals surface area (Å²) in [5, 5.41) is 0. The molecule has 15 heavy (non-hydrogen) atoms. The third kappa shape index (κ3) is 2.89. The molecule has 1 aliphatic rings. The number of hydrogen-bond acceptors (Lipinski definition) is 2. The second-order valence-electron chi connectivity index (χ2n) is 3.82. The van der Waals surface area contributed by atoms with Gasteiger partial charge in [0.05, 0.1) is 13.2 Å². The van der Waals surface area contributed by atoms with Gasteiger partial charge in [0.1, 0.15) is 5.78 Å². The van der Waals surface area contributed by atoms with E-state index in [0.29, 0.717) is 25.4 Å². The van der Waals surface area contributed by atoms with E-state index in [-0.39, 0.29) is 5.92 Å². The Bertz CT molecular complexity index is 345. The molecule has 0 bridgehead atoms. The lowest BCUT2D eigenvalue weighted by Crippen LogP contribution is -2.29. The number of carbonyl (C=O) groups is 1. The van der Waals surface area contributed by atoms with Crippen molar-refractivity contribution < 1.29 is 9.53 Å². The standard InChI is InChI=1S/C12H13BrO2/c13-11-3-1-9(2-4-11)7-10-8-15-6-5-12(10)14/h1-4,10H,5-8H2/t10-/m1/s1. The van der Waals surface area contributed by atoms with Gasteiger partial charge in [0.15, 0.2) is 0 Å². The number of Topliss-reactive ketones (excluding diaryl/α,β-unsaturated/α-hetero) is 1. The lowest BCUT2D eigenvalue weighted by Gasteiger charge is -2.20. The van der Waals surface area contributed by atoms with Crippen LogP contribution in [0.25, 0.3) is 0 Å². The van der Waals surface area contributed by atoms with E-state index in [1.165, 1.54) is 5.56 Å². The maximum absolute atomic E-state index is 11.6. The lowest BCUT2D eigenvalue weighted by atomic mass is 9.93. The molecular formula is C12H13BrO2. The zero-order valence-electron chi connectivity index (χ0n) is 8.41. The minimum atomic E-state index is 0.0555. The smallest absolute Gasteiger partial charge is 0.140 e. The van der Waals surface area contributed by atoms with E-state index in [0.717, 1.165) is 10.9 Å². The fourth-order valence-corrected chi connectivity index (χ4v) is 2.04. The number of carbonyl (C=O) groups excluding carboxylic acids is 1. The van der Waals surface area contributed by atoms with Crippen molar-refractivity contribution in [1.29, 1.82) is 0 Å². The third-order valence-corrected chi connectivity index (χ3v) is 3.19. The monoisotopic (exact) mass is 268 g/mol. The Labute approximate surface area is 97.8 Å². The largest absolute Gasteiger partial charge is 0.380 e. The number of ketones is 1. The molecule has 0 aliphatic carbocycles. The van der Waals surface area contributed by atoms with Crippen LogP contribution in [0.4, 0.5) is 0 Å². The summed E-state index contributed by atoms with van der Waals surface area (Å²) in [6.45, 7) is 1.17. The molecule has 0 radical (unpaired) electrons. The summed E-state index contributed by atoms with van der Waals surface area (Å²) in [6, 6.07) is 8.10. The van der Waals surface area contributed by atoms with E-state index < -0.39 is 0 Å². The van der Waals surface area contributed by atoms with Crippen LogP contribution in [0.2, 0.25) is 0 Å². The minimum Gasteiger partial charge on any atom is -0.380 e. The van der Waals surface area contributed by atoms with Gasteiger partial charge in [-0.05, 0) is 24.1 Å². The van der Waals surface area contributed by atoms with Crippen LogP contribution in [0, 0.1) is 5.92 Å². The van der Waals surface area contributed by atoms with Crippen molar-refractivity contribution >= 4 is 21.7 Å². The molecule has 1 atom stereocenters. The highest BCUT2D eigenvalue weighted by atomic mass is 79.9. The third-order valence-electron chi connectivity index (χ3n) is 2.66. The van der Waals surface area contributed by atoms with Crippen molar-refractivity contribution in [1.82, 2.24) is 0 Å². The van der Waals surface area contributed by atoms with Crippen LogP contribution in [0.3, 0.4) is 0 Å². The zero-order valence-corrected chi connectivity index (χ0v) is 10.00. The molecular weight excluding hydrogens is 256 g/mol. The molecule has 0 N–H and O–H groups in total. The van der Waals surface area contributed by atoms with Gasteiger partial charge in [-0.3, -0.25) is 4.79 Å². The van der Waals surface area contributed by atoms with E-state index in [2.05, 4.69) is 15.9 Å². The fourth-order valence-electron chi connectivity index (χ4n) is 1.77. The van der Waals surface area contributed by atoms with E-state index in [1.807, 2.05) is 24.3 Å². The van der Waals surface area contributed by atoms with E-state index >= 15 is 0 Å². The molecule has 2 nitrogen and oxygen atoms in total. The maximum Gasteiger partial charge on any atom is 0.140 e. The normalized spacial score (nSPS) is 21.7. The van der Waals surface area contributed by atoms with Crippen LogP contribution in [-0.4, -0.2) is 19.0 Å². The van der Waals surface area contributed by atoms with Gasteiger partial charge in [-0.15, -0.1) is 0 Å². The maximum atomic E-state index is 11.6. The minimum absolute atomic E-state index is 0.0555. The zero-order chi connectivity index (χ0) is 10.7. The lowest BCUT2D eigenvalue weighted by molar-refractivity contribution is -0.130. The molecule has 1 fully saturated rings. The number of ether oxygens (including phenoxy) is 1. The van der Waals surface area contributed by atoms with Gasteiger partial charge in [-0.2, -0.15) is 0 Å². The number of hydrogen-bond donors (Lipinski definition) is 0. The highest BCUT2D eigenvalue weighted by Crippen LogP contribution is 2.18. The summed E-state index contributed by atoms with van der Waals surface area (Å²) in [7, 11) is 0. The van der Waals surface area contributed by atoms with Crippen LogP contribution in [0.5, 0.6) is 0 Å². The van der Waals surface area contributed by atoms with Gasteiger partial charge < -0.3 is 4.74 Å². The van der Waals surface area contributed by atoms with Crippen molar-refractivity contribution in [3.63, 3.8) is 0 Å². The molecule has 0 amide bonds. The van der Waals surface area contributed by atoms with Crippen LogP contribution >= 0.6 is 15.9 Å². The molecule has 1 aromatic rings. The van der Waals surface area contributed by atoms with Crippen LogP contribution in [0.15, 0.2) is 28.7 Å². The van der Waals surface area contributed by atoms with Crippen molar-refractivity contribution in [2.24, 2.45) is 5.92 Å². The van der Waals surface area contributed by atoms with Crippen molar-refractivity contribution in [2.75, 3.05) is 13.2 Å². The van der Waals surface area contributed by atoms with Gasteiger partial charge in [-0.1, -0.05) is 28.1 Å². The van der Waals surface area contributed by atoms with Crippen LogP contribution in [-0.2, 0) is 16.0 Å². The Hall–Kier alpha value is -0.670. The topological polar surface area (TPSA) is 26.3 Å². The Morgan fingerprint density at radius 2 is 2.07 bits per heavy atom. The molecule has 1 heterocycles. The summed E-state index contributed by atoms with van der Waals surface area (Å²) in [6.07, 6.45) is 1.37. The van der Waals surface area contributed by atoms with Gasteiger partial charge in [0.2, 0.25) is 0 Å². The van der Waals surface area contributed by atoms with E-state index in [1.54, 1.807) is 0 Å². The molecule has 3 heteroatoms. The Kier molecular flexibility index (Phi) is 3.54. The quantitative estimate of drug-likeness (QED) is 0.824. The Morgan fingerprint density at radius 1 is 1.33 bits per heavy atom. The molecule has 0 saturated carbocycles. The number of halogens is 1.